The van der Waals surface area contributed by atoms with Crippen molar-refractivity contribution >= 4 is 29.6 Å². The second kappa shape index (κ2) is 6.36. The second-order valence-electron chi connectivity index (χ2n) is 6.16. The maximum Gasteiger partial charge on any atom is 0.335 e. The van der Waals surface area contributed by atoms with Gasteiger partial charge in [-0.3, -0.25) is 14.9 Å². The number of imide groups is 2. The maximum absolute atomic E-state index is 12.9. The lowest BCUT2D eigenvalue weighted by molar-refractivity contribution is -0.122. The fourth-order valence-corrected chi connectivity index (χ4v) is 2.67. The van der Waals surface area contributed by atoms with Crippen molar-refractivity contribution in [2.75, 3.05) is 4.90 Å². The number of barbiturate groups is 1. The summed E-state index contributed by atoms with van der Waals surface area (Å²) in [6.07, 6.45) is 1.50. The molecule has 1 aliphatic heterocycles. The van der Waals surface area contributed by atoms with Crippen molar-refractivity contribution < 1.29 is 14.4 Å². The molecular formula is C20H18N2O3. The van der Waals surface area contributed by atoms with E-state index in [-0.39, 0.29) is 5.57 Å². The molecule has 0 aromatic heterocycles. The van der Waals surface area contributed by atoms with Crippen molar-refractivity contribution in [2.24, 2.45) is 0 Å². The van der Waals surface area contributed by atoms with Crippen molar-refractivity contribution in [1.82, 2.24) is 5.32 Å². The fourth-order valence-electron chi connectivity index (χ4n) is 2.67. The SMILES string of the molecule is Cc1ccc(/C=C2/C(=O)NC(=O)N(c3cc(C)ccc3C)C2=O)cc1. The van der Waals surface area contributed by atoms with Gasteiger partial charge in [-0.2, -0.15) is 0 Å². The Balaban J connectivity index is 2.05. The summed E-state index contributed by atoms with van der Waals surface area (Å²) >= 11 is 0. The molecule has 1 saturated heterocycles. The van der Waals surface area contributed by atoms with Crippen LogP contribution in [0.2, 0.25) is 0 Å². The van der Waals surface area contributed by atoms with Gasteiger partial charge in [0.15, 0.2) is 0 Å². The minimum Gasteiger partial charge on any atom is -0.273 e. The van der Waals surface area contributed by atoms with Crippen LogP contribution in [0.25, 0.3) is 6.08 Å². The van der Waals surface area contributed by atoms with Crippen LogP contribution in [-0.4, -0.2) is 17.8 Å². The number of carbonyl (C=O) groups is 3. The summed E-state index contributed by atoms with van der Waals surface area (Å²) in [6, 6.07) is 12.2. The number of nitrogens with zero attached hydrogens (tertiary/aromatic N) is 1. The zero-order valence-electron chi connectivity index (χ0n) is 14.3. The number of anilines is 1. The zero-order chi connectivity index (χ0) is 18.1. The van der Waals surface area contributed by atoms with E-state index in [0.29, 0.717) is 5.69 Å². The van der Waals surface area contributed by atoms with Crippen LogP contribution < -0.4 is 10.2 Å². The Hall–Kier alpha value is -3.21. The molecule has 0 atom stereocenters. The van der Waals surface area contributed by atoms with Gasteiger partial charge >= 0.3 is 6.03 Å². The molecule has 2 aromatic rings. The van der Waals surface area contributed by atoms with Crippen molar-refractivity contribution in [2.45, 2.75) is 20.8 Å². The van der Waals surface area contributed by atoms with E-state index in [1.165, 1.54) is 6.08 Å². The van der Waals surface area contributed by atoms with E-state index in [1.807, 2.05) is 57.2 Å². The van der Waals surface area contributed by atoms with Gasteiger partial charge in [0.25, 0.3) is 11.8 Å². The van der Waals surface area contributed by atoms with Gasteiger partial charge in [0, 0.05) is 0 Å². The molecule has 0 aliphatic carbocycles. The molecule has 0 bridgehead atoms. The first kappa shape index (κ1) is 16.6. The number of carbonyl (C=O) groups excluding carboxylic acids is 3. The van der Waals surface area contributed by atoms with Crippen LogP contribution in [-0.2, 0) is 9.59 Å². The highest BCUT2D eigenvalue weighted by Gasteiger charge is 2.37. The highest BCUT2D eigenvalue weighted by atomic mass is 16.2. The summed E-state index contributed by atoms with van der Waals surface area (Å²) in [7, 11) is 0. The van der Waals surface area contributed by atoms with Crippen LogP contribution in [0.1, 0.15) is 22.3 Å². The van der Waals surface area contributed by atoms with Gasteiger partial charge in [0.2, 0.25) is 0 Å². The standard InChI is InChI=1S/C20H18N2O3/c1-12-5-8-15(9-6-12)11-16-18(23)21-20(25)22(19(16)24)17-10-13(2)4-7-14(17)3/h4-11H,1-3H3,(H,21,23,25)/b16-11-. The Bertz CT molecular complexity index is 911. The van der Waals surface area contributed by atoms with Crippen molar-refractivity contribution in [3.63, 3.8) is 0 Å². The van der Waals surface area contributed by atoms with E-state index >= 15 is 0 Å². The predicted octanol–water partition coefficient (Wildman–Crippen LogP) is 3.28. The number of hydrogen-bond acceptors (Lipinski definition) is 3. The Morgan fingerprint density at radius 2 is 1.52 bits per heavy atom. The average molecular weight is 334 g/mol. The Morgan fingerprint density at radius 1 is 0.880 bits per heavy atom. The second-order valence-corrected chi connectivity index (χ2v) is 6.16. The largest absolute Gasteiger partial charge is 0.335 e. The Morgan fingerprint density at radius 3 is 2.20 bits per heavy atom. The number of nitrogens with one attached hydrogen (secondary N) is 1. The molecule has 5 heteroatoms. The van der Waals surface area contributed by atoms with Crippen LogP contribution >= 0.6 is 0 Å². The maximum atomic E-state index is 12.9. The molecule has 126 valence electrons. The molecule has 0 unspecified atom stereocenters. The molecule has 3 rings (SSSR count). The smallest absolute Gasteiger partial charge is 0.273 e. The normalized spacial score (nSPS) is 16.4. The number of benzene rings is 2. The third-order valence-corrected chi connectivity index (χ3v) is 4.10. The third kappa shape index (κ3) is 3.21. The molecule has 5 nitrogen and oxygen atoms in total. The van der Waals surface area contributed by atoms with E-state index in [9.17, 15) is 14.4 Å². The first-order valence-electron chi connectivity index (χ1n) is 7.92. The van der Waals surface area contributed by atoms with E-state index in [1.54, 1.807) is 6.07 Å². The summed E-state index contributed by atoms with van der Waals surface area (Å²) < 4.78 is 0. The number of urea groups is 1. The van der Waals surface area contributed by atoms with Gasteiger partial charge in [0.1, 0.15) is 5.57 Å². The molecule has 0 radical (unpaired) electrons. The van der Waals surface area contributed by atoms with Crippen LogP contribution in [0.15, 0.2) is 48.0 Å². The summed E-state index contributed by atoms with van der Waals surface area (Å²) in [5.41, 5.74) is 3.91. The van der Waals surface area contributed by atoms with E-state index in [4.69, 9.17) is 0 Å². The highest BCUT2D eigenvalue weighted by molar-refractivity contribution is 6.39. The van der Waals surface area contributed by atoms with Crippen LogP contribution in [0.4, 0.5) is 10.5 Å². The quantitative estimate of drug-likeness (QED) is 0.677. The summed E-state index contributed by atoms with van der Waals surface area (Å²) in [5, 5.41) is 2.25. The van der Waals surface area contributed by atoms with Gasteiger partial charge in [-0.25, -0.2) is 9.69 Å². The van der Waals surface area contributed by atoms with E-state index in [2.05, 4.69) is 5.32 Å². The summed E-state index contributed by atoms with van der Waals surface area (Å²) in [4.78, 5) is 38.3. The molecule has 2 aromatic carbocycles. The Kier molecular flexibility index (Phi) is 4.23. The monoisotopic (exact) mass is 334 g/mol. The molecule has 4 amide bonds. The van der Waals surface area contributed by atoms with E-state index < -0.39 is 17.8 Å². The number of aryl methyl sites for hydroxylation is 3. The molecule has 1 fully saturated rings. The molecule has 1 heterocycles. The highest BCUT2D eigenvalue weighted by Crippen LogP contribution is 2.26. The molecular weight excluding hydrogens is 316 g/mol. The van der Waals surface area contributed by atoms with Gasteiger partial charge in [0.05, 0.1) is 5.69 Å². The van der Waals surface area contributed by atoms with Gasteiger partial charge in [-0.05, 0) is 49.6 Å². The van der Waals surface area contributed by atoms with Crippen LogP contribution in [0.3, 0.4) is 0 Å². The molecule has 25 heavy (non-hydrogen) atoms. The van der Waals surface area contributed by atoms with Gasteiger partial charge < -0.3 is 0 Å². The fraction of sp³-hybridized carbons (Fsp3) is 0.150. The first-order valence-corrected chi connectivity index (χ1v) is 7.92. The van der Waals surface area contributed by atoms with Crippen LogP contribution in [0.5, 0.6) is 0 Å². The lowest BCUT2D eigenvalue weighted by Crippen LogP contribution is -2.54. The van der Waals surface area contributed by atoms with Crippen molar-refractivity contribution in [1.29, 1.82) is 0 Å². The summed E-state index contributed by atoms with van der Waals surface area (Å²) in [5.74, 6) is -1.31. The van der Waals surface area contributed by atoms with Crippen molar-refractivity contribution in [3.05, 3.63) is 70.3 Å². The number of amides is 4. The lowest BCUT2D eigenvalue weighted by Gasteiger charge is -2.27. The van der Waals surface area contributed by atoms with Crippen LogP contribution in [0, 0.1) is 20.8 Å². The minimum atomic E-state index is -0.732. The molecule has 0 spiro atoms. The van der Waals surface area contributed by atoms with Gasteiger partial charge in [-0.1, -0.05) is 42.0 Å². The topological polar surface area (TPSA) is 66.5 Å². The average Bonchev–Trinajstić information content (AvgIpc) is 2.56. The third-order valence-electron chi connectivity index (χ3n) is 4.10. The molecule has 0 saturated carbocycles. The van der Waals surface area contributed by atoms with Crippen molar-refractivity contribution in [3.8, 4) is 0 Å². The predicted molar refractivity (Wildman–Crippen MR) is 96.1 cm³/mol. The van der Waals surface area contributed by atoms with Gasteiger partial charge in [-0.15, -0.1) is 0 Å². The Labute approximate surface area is 146 Å². The first-order chi connectivity index (χ1) is 11.9. The molecule has 1 aliphatic rings. The number of hydrogen-bond donors (Lipinski definition) is 1. The summed E-state index contributed by atoms with van der Waals surface area (Å²) in [6.45, 7) is 5.65. The zero-order valence-corrected chi connectivity index (χ0v) is 14.3. The van der Waals surface area contributed by atoms with E-state index in [0.717, 1.165) is 27.2 Å². The molecule has 1 N–H and O–H groups in total. The lowest BCUT2D eigenvalue weighted by atomic mass is 10.0. The minimum absolute atomic E-state index is 0.0654. The number of rotatable bonds is 2.